The Morgan fingerprint density at radius 1 is 1.29 bits per heavy atom. The molecule has 1 N–H and O–H groups in total. The SMILES string of the molecule is CNc1nc(Cc2nc(C)cs2)nc(C)c1I. The molecular formula is C11H13IN4S. The second kappa shape index (κ2) is 5.26. The summed E-state index contributed by atoms with van der Waals surface area (Å²) in [4.78, 5) is 13.4. The molecule has 2 aromatic heterocycles. The minimum atomic E-state index is 0.699. The molecule has 90 valence electrons. The highest BCUT2D eigenvalue weighted by atomic mass is 127. The first kappa shape index (κ1) is 12.7. The Labute approximate surface area is 118 Å². The van der Waals surface area contributed by atoms with E-state index in [9.17, 15) is 0 Å². The predicted molar refractivity (Wildman–Crippen MR) is 78.7 cm³/mol. The summed E-state index contributed by atoms with van der Waals surface area (Å²) in [5.74, 6) is 1.71. The zero-order valence-electron chi connectivity index (χ0n) is 9.91. The van der Waals surface area contributed by atoms with E-state index in [0.29, 0.717) is 6.42 Å². The Kier molecular flexibility index (Phi) is 3.93. The molecule has 2 rings (SSSR count). The first-order valence-corrected chi connectivity index (χ1v) is 7.17. The number of nitrogens with one attached hydrogen (secondary N) is 1. The molecule has 0 saturated carbocycles. The smallest absolute Gasteiger partial charge is 0.143 e. The Bertz CT molecular complexity index is 538. The van der Waals surface area contributed by atoms with Gasteiger partial charge in [0.05, 0.1) is 15.7 Å². The molecule has 0 aliphatic rings. The van der Waals surface area contributed by atoms with Gasteiger partial charge in [-0.1, -0.05) is 0 Å². The van der Waals surface area contributed by atoms with Crippen LogP contribution in [0.15, 0.2) is 5.38 Å². The maximum absolute atomic E-state index is 4.49. The number of hydrogen-bond acceptors (Lipinski definition) is 5. The zero-order valence-corrected chi connectivity index (χ0v) is 12.9. The standard InChI is InChI=1S/C11H13IN4S/c1-6-5-17-9(14-6)4-8-15-7(2)10(12)11(13-3)16-8/h5H,4H2,1-3H3,(H,13,15,16). The molecule has 6 heteroatoms. The van der Waals surface area contributed by atoms with Crippen LogP contribution in [0.2, 0.25) is 0 Å². The molecule has 0 aliphatic heterocycles. The summed E-state index contributed by atoms with van der Waals surface area (Å²) in [7, 11) is 1.88. The molecule has 0 radical (unpaired) electrons. The van der Waals surface area contributed by atoms with Gasteiger partial charge in [0, 0.05) is 18.1 Å². The Morgan fingerprint density at radius 2 is 2.06 bits per heavy atom. The Balaban J connectivity index is 2.30. The lowest BCUT2D eigenvalue weighted by Gasteiger charge is -2.07. The quantitative estimate of drug-likeness (QED) is 0.856. The summed E-state index contributed by atoms with van der Waals surface area (Å²) < 4.78 is 1.07. The molecule has 2 aromatic rings. The minimum Gasteiger partial charge on any atom is -0.372 e. The van der Waals surface area contributed by atoms with Crippen LogP contribution in [0.4, 0.5) is 5.82 Å². The first-order valence-electron chi connectivity index (χ1n) is 5.22. The summed E-state index contributed by atoms with van der Waals surface area (Å²) in [5, 5.41) is 6.20. The molecule has 4 nitrogen and oxygen atoms in total. The van der Waals surface area contributed by atoms with Crippen molar-refractivity contribution in [3.05, 3.63) is 31.2 Å². The fourth-order valence-corrected chi connectivity index (χ4v) is 2.76. The topological polar surface area (TPSA) is 50.7 Å². The highest BCUT2D eigenvalue weighted by Gasteiger charge is 2.09. The lowest BCUT2D eigenvalue weighted by molar-refractivity contribution is 0.924. The average molecular weight is 360 g/mol. The van der Waals surface area contributed by atoms with Crippen molar-refractivity contribution < 1.29 is 0 Å². The van der Waals surface area contributed by atoms with E-state index in [4.69, 9.17) is 0 Å². The molecule has 0 aliphatic carbocycles. The molecule has 0 fully saturated rings. The van der Waals surface area contributed by atoms with E-state index in [1.54, 1.807) is 11.3 Å². The van der Waals surface area contributed by atoms with Crippen LogP contribution in [0.3, 0.4) is 0 Å². The molecule has 0 saturated heterocycles. The average Bonchev–Trinajstić information content (AvgIpc) is 2.69. The van der Waals surface area contributed by atoms with E-state index in [2.05, 4.69) is 42.9 Å². The van der Waals surface area contributed by atoms with Crippen molar-refractivity contribution in [2.45, 2.75) is 20.3 Å². The van der Waals surface area contributed by atoms with E-state index in [1.807, 2.05) is 26.3 Å². The lowest BCUT2D eigenvalue weighted by atomic mass is 10.3. The van der Waals surface area contributed by atoms with Gasteiger partial charge in [-0.25, -0.2) is 15.0 Å². The summed E-state index contributed by atoms with van der Waals surface area (Å²) in [6.45, 7) is 4.00. The largest absolute Gasteiger partial charge is 0.372 e. The number of halogens is 1. The molecule has 0 unspecified atom stereocenters. The summed E-state index contributed by atoms with van der Waals surface area (Å²) in [6, 6.07) is 0. The molecule has 0 amide bonds. The van der Waals surface area contributed by atoms with E-state index < -0.39 is 0 Å². The highest BCUT2D eigenvalue weighted by Crippen LogP contribution is 2.20. The van der Waals surface area contributed by atoms with Crippen LogP contribution < -0.4 is 5.32 Å². The van der Waals surface area contributed by atoms with Crippen molar-refractivity contribution in [1.29, 1.82) is 0 Å². The van der Waals surface area contributed by atoms with Crippen molar-refractivity contribution >= 4 is 39.7 Å². The molecule has 0 spiro atoms. The van der Waals surface area contributed by atoms with Gasteiger partial charge >= 0.3 is 0 Å². The van der Waals surface area contributed by atoms with Gasteiger partial charge in [0.2, 0.25) is 0 Å². The van der Waals surface area contributed by atoms with Gasteiger partial charge in [-0.3, -0.25) is 0 Å². The van der Waals surface area contributed by atoms with Crippen LogP contribution in [0, 0.1) is 17.4 Å². The van der Waals surface area contributed by atoms with Gasteiger partial charge in [0.25, 0.3) is 0 Å². The fraction of sp³-hybridized carbons (Fsp3) is 0.364. The number of rotatable bonds is 3. The van der Waals surface area contributed by atoms with Crippen molar-refractivity contribution in [2.24, 2.45) is 0 Å². The number of hydrogen-bond donors (Lipinski definition) is 1. The van der Waals surface area contributed by atoms with Gasteiger partial charge in [0.15, 0.2) is 0 Å². The van der Waals surface area contributed by atoms with Gasteiger partial charge in [-0.05, 0) is 36.4 Å². The molecule has 2 heterocycles. The minimum absolute atomic E-state index is 0.699. The second-order valence-corrected chi connectivity index (χ2v) is 5.72. The van der Waals surface area contributed by atoms with Crippen molar-refractivity contribution in [1.82, 2.24) is 15.0 Å². The van der Waals surface area contributed by atoms with Crippen molar-refractivity contribution in [3.63, 3.8) is 0 Å². The Morgan fingerprint density at radius 3 is 2.65 bits per heavy atom. The number of thiazole rings is 1. The number of anilines is 1. The maximum Gasteiger partial charge on any atom is 0.143 e. The van der Waals surface area contributed by atoms with Crippen molar-refractivity contribution in [3.8, 4) is 0 Å². The van der Waals surface area contributed by atoms with E-state index >= 15 is 0 Å². The molecule has 0 bridgehead atoms. The number of nitrogens with zero attached hydrogens (tertiary/aromatic N) is 3. The monoisotopic (exact) mass is 360 g/mol. The third-order valence-corrected chi connectivity index (χ3v) is 4.53. The van der Waals surface area contributed by atoms with E-state index in [1.165, 1.54) is 0 Å². The number of aromatic nitrogens is 3. The predicted octanol–water partition coefficient (Wildman–Crippen LogP) is 2.79. The normalized spacial score (nSPS) is 10.6. The highest BCUT2D eigenvalue weighted by molar-refractivity contribution is 14.1. The van der Waals surface area contributed by atoms with Crippen LogP contribution in [0.1, 0.15) is 22.2 Å². The zero-order chi connectivity index (χ0) is 12.4. The molecule has 0 aromatic carbocycles. The fourth-order valence-electron chi connectivity index (χ4n) is 1.48. The summed E-state index contributed by atoms with van der Waals surface area (Å²) in [6.07, 6.45) is 0.699. The lowest BCUT2D eigenvalue weighted by Crippen LogP contribution is -2.05. The summed E-state index contributed by atoms with van der Waals surface area (Å²) >= 11 is 3.91. The maximum atomic E-state index is 4.49. The molecule has 17 heavy (non-hydrogen) atoms. The third-order valence-electron chi connectivity index (χ3n) is 2.28. The van der Waals surface area contributed by atoms with Crippen LogP contribution in [-0.4, -0.2) is 22.0 Å². The third kappa shape index (κ3) is 2.92. The van der Waals surface area contributed by atoms with Gasteiger partial charge in [-0.2, -0.15) is 0 Å². The van der Waals surface area contributed by atoms with Crippen molar-refractivity contribution in [2.75, 3.05) is 12.4 Å². The number of aryl methyl sites for hydroxylation is 2. The second-order valence-electron chi connectivity index (χ2n) is 3.70. The van der Waals surface area contributed by atoms with Gasteiger partial charge in [0.1, 0.15) is 16.6 Å². The van der Waals surface area contributed by atoms with Crippen LogP contribution in [-0.2, 0) is 6.42 Å². The molecular weight excluding hydrogens is 347 g/mol. The van der Waals surface area contributed by atoms with Crippen LogP contribution >= 0.6 is 33.9 Å². The Hall–Kier alpha value is -0.760. The summed E-state index contributed by atoms with van der Waals surface area (Å²) in [5.41, 5.74) is 2.06. The van der Waals surface area contributed by atoms with Gasteiger partial charge in [-0.15, -0.1) is 11.3 Å². The van der Waals surface area contributed by atoms with E-state index in [0.717, 1.165) is 31.6 Å². The first-order chi connectivity index (χ1) is 8.10. The van der Waals surface area contributed by atoms with Crippen LogP contribution in [0.25, 0.3) is 0 Å². The molecule has 0 atom stereocenters. The van der Waals surface area contributed by atoms with Gasteiger partial charge < -0.3 is 5.32 Å². The van der Waals surface area contributed by atoms with Crippen LogP contribution in [0.5, 0.6) is 0 Å². The van der Waals surface area contributed by atoms with E-state index in [-0.39, 0.29) is 0 Å².